The van der Waals surface area contributed by atoms with Gasteiger partial charge in [-0.05, 0) is 42.1 Å². The summed E-state index contributed by atoms with van der Waals surface area (Å²) in [6, 6.07) is 3.55. The van der Waals surface area contributed by atoms with E-state index in [0.717, 1.165) is 30.3 Å². The zero-order chi connectivity index (χ0) is 16.9. The molecule has 0 bridgehead atoms. The van der Waals surface area contributed by atoms with Gasteiger partial charge in [0.1, 0.15) is 19.3 Å². The first-order chi connectivity index (χ1) is 11.6. The van der Waals surface area contributed by atoms with Gasteiger partial charge in [-0.3, -0.25) is 4.79 Å². The number of carbonyl (C=O) groups is 1. The van der Waals surface area contributed by atoms with E-state index in [4.69, 9.17) is 18.9 Å². The standard InChI is InChI=1S/C17H22BrNO5/c1-11(24-10-12-4-2-3-5-21-12)17(20)19-14-9-16-15(8-13(14)18)22-6-7-23-16/h8-9,11-12H,2-7,10H2,1H3,(H,19,20)/t11-,12-/m1/s1. The normalized spacial score (nSPS) is 21.2. The molecular weight excluding hydrogens is 378 g/mol. The minimum atomic E-state index is -0.560. The molecule has 3 rings (SSSR count). The van der Waals surface area contributed by atoms with Gasteiger partial charge in [0.05, 0.1) is 18.4 Å². The lowest BCUT2D eigenvalue weighted by molar-refractivity contribution is -0.130. The Bertz CT molecular complexity index is 589. The quantitative estimate of drug-likeness (QED) is 0.823. The third-order valence-corrected chi connectivity index (χ3v) is 4.72. The van der Waals surface area contributed by atoms with Crippen molar-refractivity contribution in [3.8, 4) is 11.5 Å². The Hall–Kier alpha value is -1.31. The fourth-order valence-corrected chi connectivity index (χ4v) is 3.08. The van der Waals surface area contributed by atoms with E-state index in [1.807, 2.05) is 0 Å². The Morgan fingerprint density at radius 2 is 2.04 bits per heavy atom. The van der Waals surface area contributed by atoms with E-state index in [1.165, 1.54) is 0 Å². The van der Waals surface area contributed by atoms with Crippen molar-refractivity contribution in [2.24, 2.45) is 0 Å². The lowest BCUT2D eigenvalue weighted by atomic mass is 10.1. The summed E-state index contributed by atoms with van der Waals surface area (Å²) >= 11 is 3.44. The maximum Gasteiger partial charge on any atom is 0.253 e. The monoisotopic (exact) mass is 399 g/mol. The first kappa shape index (κ1) is 17.5. The van der Waals surface area contributed by atoms with Crippen LogP contribution in [0.4, 0.5) is 5.69 Å². The van der Waals surface area contributed by atoms with E-state index in [-0.39, 0.29) is 12.0 Å². The summed E-state index contributed by atoms with van der Waals surface area (Å²) in [6.07, 6.45) is 2.77. The van der Waals surface area contributed by atoms with Crippen LogP contribution in [0, 0.1) is 0 Å². The van der Waals surface area contributed by atoms with Crippen LogP contribution >= 0.6 is 15.9 Å². The number of anilines is 1. The highest BCUT2D eigenvalue weighted by atomic mass is 79.9. The molecule has 0 aliphatic carbocycles. The molecule has 132 valence electrons. The maximum atomic E-state index is 12.3. The molecule has 6 nitrogen and oxygen atoms in total. The van der Waals surface area contributed by atoms with Crippen molar-refractivity contribution in [1.29, 1.82) is 0 Å². The highest BCUT2D eigenvalue weighted by Gasteiger charge is 2.21. The van der Waals surface area contributed by atoms with Crippen LogP contribution in [0.25, 0.3) is 0 Å². The Balaban J connectivity index is 1.55. The number of nitrogens with one attached hydrogen (secondary N) is 1. The van der Waals surface area contributed by atoms with E-state index in [1.54, 1.807) is 19.1 Å². The minimum Gasteiger partial charge on any atom is -0.486 e. The van der Waals surface area contributed by atoms with Crippen LogP contribution in [0.1, 0.15) is 26.2 Å². The first-order valence-electron chi connectivity index (χ1n) is 8.26. The summed E-state index contributed by atoms with van der Waals surface area (Å²) in [7, 11) is 0. The third kappa shape index (κ3) is 4.40. The largest absolute Gasteiger partial charge is 0.486 e. The van der Waals surface area contributed by atoms with Crippen LogP contribution in [-0.4, -0.2) is 44.5 Å². The van der Waals surface area contributed by atoms with Crippen molar-refractivity contribution in [3.63, 3.8) is 0 Å². The summed E-state index contributed by atoms with van der Waals surface area (Å²) < 4.78 is 23.1. The SMILES string of the molecule is C[C@@H](OC[C@H]1CCCCO1)C(=O)Nc1cc2c(cc1Br)OCCO2. The molecule has 2 aliphatic rings. The number of ether oxygens (including phenoxy) is 4. The van der Waals surface area contributed by atoms with Crippen molar-refractivity contribution < 1.29 is 23.7 Å². The van der Waals surface area contributed by atoms with Crippen LogP contribution in [0.3, 0.4) is 0 Å². The second-order valence-electron chi connectivity index (χ2n) is 5.93. The van der Waals surface area contributed by atoms with Crippen molar-refractivity contribution in [1.82, 2.24) is 0 Å². The summed E-state index contributed by atoms with van der Waals surface area (Å²) in [4.78, 5) is 12.3. The van der Waals surface area contributed by atoms with Gasteiger partial charge in [-0.2, -0.15) is 0 Å². The molecule has 1 amide bonds. The molecule has 0 radical (unpaired) electrons. The molecule has 7 heteroatoms. The molecule has 0 aromatic heterocycles. The second kappa shape index (κ2) is 8.18. The van der Waals surface area contributed by atoms with E-state index in [9.17, 15) is 4.79 Å². The molecule has 0 unspecified atom stereocenters. The second-order valence-corrected chi connectivity index (χ2v) is 6.78. The van der Waals surface area contributed by atoms with Gasteiger partial charge in [0.25, 0.3) is 5.91 Å². The predicted molar refractivity (Wildman–Crippen MR) is 92.8 cm³/mol. The molecule has 0 spiro atoms. The fourth-order valence-electron chi connectivity index (χ4n) is 2.66. The predicted octanol–water partition coefficient (Wildman–Crippen LogP) is 3.13. The van der Waals surface area contributed by atoms with Crippen molar-refractivity contribution in [3.05, 3.63) is 16.6 Å². The van der Waals surface area contributed by atoms with Gasteiger partial charge >= 0.3 is 0 Å². The smallest absolute Gasteiger partial charge is 0.253 e. The number of fused-ring (bicyclic) bond motifs is 1. The summed E-state index contributed by atoms with van der Waals surface area (Å²) in [6.45, 7) is 3.99. The molecule has 24 heavy (non-hydrogen) atoms. The van der Waals surface area contributed by atoms with Gasteiger partial charge in [0.15, 0.2) is 11.5 Å². The maximum absolute atomic E-state index is 12.3. The van der Waals surface area contributed by atoms with Gasteiger partial charge in [-0.25, -0.2) is 0 Å². The van der Waals surface area contributed by atoms with Crippen LogP contribution in [0.15, 0.2) is 16.6 Å². The number of benzene rings is 1. The summed E-state index contributed by atoms with van der Waals surface area (Å²) in [5, 5.41) is 2.86. The lowest BCUT2D eigenvalue weighted by Crippen LogP contribution is -2.32. The average molecular weight is 400 g/mol. The number of amides is 1. The molecule has 1 fully saturated rings. The highest BCUT2D eigenvalue weighted by molar-refractivity contribution is 9.10. The van der Waals surface area contributed by atoms with E-state index in [2.05, 4.69) is 21.2 Å². The molecule has 1 aromatic rings. The fraction of sp³-hybridized carbons (Fsp3) is 0.588. The topological polar surface area (TPSA) is 66.0 Å². The molecule has 1 N–H and O–H groups in total. The molecule has 1 saturated heterocycles. The van der Waals surface area contributed by atoms with Crippen LogP contribution in [-0.2, 0) is 14.3 Å². The third-order valence-electron chi connectivity index (χ3n) is 4.07. The Labute approximate surface area is 149 Å². The van der Waals surface area contributed by atoms with Gasteiger partial charge in [-0.15, -0.1) is 0 Å². The van der Waals surface area contributed by atoms with Crippen LogP contribution in [0.2, 0.25) is 0 Å². The van der Waals surface area contributed by atoms with Crippen molar-refractivity contribution >= 4 is 27.5 Å². The first-order valence-corrected chi connectivity index (χ1v) is 9.06. The van der Waals surface area contributed by atoms with Gasteiger partial charge in [0, 0.05) is 23.2 Å². The van der Waals surface area contributed by atoms with Crippen LogP contribution < -0.4 is 14.8 Å². The molecule has 1 aromatic carbocycles. The molecule has 2 heterocycles. The molecular formula is C17H22BrNO5. The minimum absolute atomic E-state index is 0.0926. The summed E-state index contributed by atoms with van der Waals surface area (Å²) in [5.41, 5.74) is 0.633. The molecule has 2 atom stereocenters. The summed E-state index contributed by atoms with van der Waals surface area (Å²) in [5.74, 6) is 1.09. The number of hydrogen-bond acceptors (Lipinski definition) is 5. The zero-order valence-corrected chi connectivity index (χ0v) is 15.3. The van der Waals surface area contributed by atoms with Gasteiger partial charge in [0.2, 0.25) is 0 Å². The Kier molecular flexibility index (Phi) is 5.97. The van der Waals surface area contributed by atoms with Crippen LogP contribution in [0.5, 0.6) is 11.5 Å². The number of rotatable bonds is 5. The van der Waals surface area contributed by atoms with E-state index < -0.39 is 6.10 Å². The number of carbonyl (C=O) groups excluding carboxylic acids is 1. The van der Waals surface area contributed by atoms with Crippen molar-refractivity contribution in [2.45, 2.75) is 38.4 Å². The molecule has 0 saturated carbocycles. The highest BCUT2D eigenvalue weighted by Crippen LogP contribution is 2.38. The van der Waals surface area contributed by atoms with Gasteiger partial charge in [-0.1, -0.05) is 0 Å². The van der Waals surface area contributed by atoms with Crippen molar-refractivity contribution in [2.75, 3.05) is 31.7 Å². The zero-order valence-electron chi connectivity index (χ0n) is 13.7. The number of hydrogen-bond donors (Lipinski definition) is 1. The Morgan fingerprint density at radius 1 is 1.29 bits per heavy atom. The van der Waals surface area contributed by atoms with E-state index in [0.29, 0.717) is 37.0 Å². The van der Waals surface area contributed by atoms with E-state index >= 15 is 0 Å². The lowest BCUT2D eigenvalue weighted by Gasteiger charge is -2.24. The molecule has 2 aliphatic heterocycles. The van der Waals surface area contributed by atoms with Gasteiger partial charge < -0.3 is 24.3 Å². The number of halogens is 1. The Morgan fingerprint density at radius 3 is 2.75 bits per heavy atom. The average Bonchev–Trinajstić information content (AvgIpc) is 2.61.